The third-order valence-electron chi connectivity index (χ3n) is 1.84. The maximum atomic E-state index is 4.77. The molecule has 1 aromatic heterocycles. The van der Waals surface area contributed by atoms with Crippen molar-refractivity contribution in [2.45, 2.75) is 4.43 Å². The average Bonchev–Trinajstić information content (AvgIpc) is 2.71. The molecule has 2 nitrogen and oxygen atoms in total. The summed E-state index contributed by atoms with van der Waals surface area (Å²) in [6, 6.07) is 10.2. The second-order valence-corrected chi connectivity index (χ2v) is 3.48. The largest absolute Gasteiger partial charge is 0.364 e. The normalized spacial score (nSPS) is 10.2. The quantitative estimate of drug-likeness (QED) is 0.625. The lowest BCUT2D eigenvalue weighted by atomic mass is 10.1. The summed E-state index contributed by atoms with van der Waals surface area (Å²) in [4.78, 5) is 0. The van der Waals surface area contributed by atoms with E-state index in [0.717, 1.165) is 15.7 Å². The van der Waals surface area contributed by atoms with Crippen LogP contribution in [0.15, 0.2) is 41.1 Å². The number of halogens is 1. The van der Waals surface area contributed by atoms with Gasteiger partial charge in [0.25, 0.3) is 0 Å². The van der Waals surface area contributed by atoms with Crippen LogP contribution < -0.4 is 0 Å². The van der Waals surface area contributed by atoms with Gasteiger partial charge in [0.05, 0.1) is 0 Å². The van der Waals surface area contributed by atoms with E-state index in [1.807, 2.05) is 6.07 Å². The molecule has 1 heterocycles. The molecular formula is C10H8INO. The first-order chi connectivity index (χ1) is 6.40. The number of hydrogen-bond acceptors (Lipinski definition) is 2. The Balaban J connectivity index is 2.33. The van der Waals surface area contributed by atoms with Crippen LogP contribution in [0.3, 0.4) is 0 Å². The first-order valence-corrected chi connectivity index (χ1v) is 5.48. The predicted molar refractivity (Wildman–Crippen MR) is 59.7 cm³/mol. The minimum absolute atomic E-state index is 0.889. The minimum Gasteiger partial charge on any atom is -0.364 e. The van der Waals surface area contributed by atoms with Crippen molar-refractivity contribution in [2.75, 3.05) is 0 Å². The summed E-state index contributed by atoms with van der Waals surface area (Å²) in [5.74, 6) is 0. The van der Waals surface area contributed by atoms with E-state index in [1.165, 1.54) is 5.56 Å². The molecule has 66 valence electrons. The molecule has 0 N–H and O–H groups in total. The number of aromatic nitrogens is 1. The Kier molecular flexibility index (Phi) is 2.63. The van der Waals surface area contributed by atoms with Gasteiger partial charge in [0.2, 0.25) is 0 Å². The highest BCUT2D eigenvalue weighted by atomic mass is 127. The Hall–Kier alpha value is -0.840. The van der Waals surface area contributed by atoms with Crippen molar-refractivity contribution in [2.24, 2.45) is 0 Å². The highest BCUT2D eigenvalue weighted by molar-refractivity contribution is 14.1. The summed E-state index contributed by atoms with van der Waals surface area (Å²) in [6.45, 7) is 0. The number of nitrogens with zero attached hydrogens (tertiary/aromatic N) is 1. The maximum absolute atomic E-state index is 4.77. The lowest BCUT2D eigenvalue weighted by Crippen LogP contribution is -1.79. The zero-order valence-electron chi connectivity index (χ0n) is 6.90. The molecule has 2 aromatic rings. The molecule has 0 radical (unpaired) electrons. The van der Waals surface area contributed by atoms with Gasteiger partial charge in [-0.2, -0.15) is 0 Å². The predicted octanol–water partition coefficient (Wildman–Crippen LogP) is 3.28. The summed E-state index contributed by atoms with van der Waals surface area (Å²) in [5.41, 5.74) is 3.32. The van der Waals surface area contributed by atoms with Gasteiger partial charge in [0, 0.05) is 16.1 Å². The van der Waals surface area contributed by atoms with E-state index in [9.17, 15) is 0 Å². The molecule has 0 saturated carbocycles. The Morgan fingerprint density at radius 3 is 2.46 bits per heavy atom. The van der Waals surface area contributed by atoms with Crippen molar-refractivity contribution < 1.29 is 4.52 Å². The first-order valence-electron chi connectivity index (χ1n) is 3.96. The van der Waals surface area contributed by atoms with Gasteiger partial charge in [-0.25, -0.2) is 0 Å². The van der Waals surface area contributed by atoms with E-state index >= 15 is 0 Å². The van der Waals surface area contributed by atoms with Crippen molar-refractivity contribution in [1.29, 1.82) is 0 Å². The molecule has 2 rings (SSSR count). The fourth-order valence-electron chi connectivity index (χ4n) is 1.13. The molecule has 0 bridgehead atoms. The summed E-state index contributed by atoms with van der Waals surface area (Å²) in [5, 5.41) is 3.87. The van der Waals surface area contributed by atoms with Crippen LogP contribution in [0.2, 0.25) is 0 Å². The van der Waals surface area contributed by atoms with Gasteiger partial charge in [-0.15, -0.1) is 0 Å². The van der Waals surface area contributed by atoms with E-state index in [2.05, 4.69) is 52.0 Å². The topological polar surface area (TPSA) is 26.0 Å². The molecule has 0 unspecified atom stereocenters. The van der Waals surface area contributed by atoms with Crippen LogP contribution in [-0.2, 0) is 4.43 Å². The minimum atomic E-state index is 0.889. The zero-order valence-corrected chi connectivity index (χ0v) is 9.06. The van der Waals surface area contributed by atoms with Crippen LogP contribution in [0.5, 0.6) is 0 Å². The van der Waals surface area contributed by atoms with Crippen molar-refractivity contribution in [3.8, 4) is 11.3 Å². The molecule has 0 aliphatic carbocycles. The van der Waals surface area contributed by atoms with Crippen molar-refractivity contribution in [3.63, 3.8) is 0 Å². The summed E-state index contributed by atoms with van der Waals surface area (Å²) >= 11 is 2.34. The average molecular weight is 285 g/mol. The van der Waals surface area contributed by atoms with E-state index in [1.54, 1.807) is 6.26 Å². The SMILES string of the molecule is ICc1ccc(-c2ccon2)cc1. The van der Waals surface area contributed by atoms with Crippen LogP contribution in [-0.4, -0.2) is 5.16 Å². The molecule has 0 fully saturated rings. The van der Waals surface area contributed by atoms with E-state index in [4.69, 9.17) is 4.52 Å². The van der Waals surface area contributed by atoms with Gasteiger partial charge in [0.15, 0.2) is 0 Å². The third-order valence-corrected chi connectivity index (χ3v) is 2.72. The Morgan fingerprint density at radius 1 is 1.15 bits per heavy atom. The van der Waals surface area contributed by atoms with Crippen LogP contribution in [0.25, 0.3) is 11.3 Å². The van der Waals surface area contributed by atoms with Crippen molar-refractivity contribution in [1.82, 2.24) is 5.16 Å². The Labute approximate surface area is 90.1 Å². The van der Waals surface area contributed by atoms with Gasteiger partial charge < -0.3 is 4.52 Å². The fraction of sp³-hybridized carbons (Fsp3) is 0.100. The third kappa shape index (κ3) is 1.91. The smallest absolute Gasteiger partial charge is 0.124 e. The monoisotopic (exact) mass is 285 g/mol. The Morgan fingerprint density at radius 2 is 1.92 bits per heavy atom. The van der Waals surface area contributed by atoms with E-state index in [0.29, 0.717) is 0 Å². The van der Waals surface area contributed by atoms with Crippen LogP contribution >= 0.6 is 22.6 Å². The van der Waals surface area contributed by atoms with Crippen LogP contribution in [0.1, 0.15) is 5.56 Å². The highest BCUT2D eigenvalue weighted by Gasteiger charge is 1.99. The van der Waals surface area contributed by atoms with Gasteiger partial charge in [0.1, 0.15) is 12.0 Å². The first kappa shape index (κ1) is 8.74. The van der Waals surface area contributed by atoms with Crippen LogP contribution in [0, 0.1) is 0 Å². The number of rotatable bonds is 2. The van der Waals surface area contributed by atoms with Gasteiger partial charge in [-0.3, -0.25) is 0 Å². The molecule has 0 saturated heterocycles. The molecule has 1 aromatic carbocycles. The second kappa shape index (κ2) is 3.91. The van der Waals surface area contributed by atoms with Gasteiger partial charge >= 0.3 is 0 Å². The number of benzene rings is 1. The lowest BCUT2D eigenvalue weighted by Gasteiger charge is -1.97. The summed E-state index contributed by atoms with van der Waals surface area (Å²) < 4.78 is 5.81. The Bertz CT molecular complexity index is 366. The van der Waals surface area contributed by atoms with E-state index in [-0.39, 0.29) is 0 Å². The van der Waals surface area contributed by atoms with Gasteiger partial charge in [-0.1, -0.05) is 52.0 Å². The van der Waals surface area contributed by atoms with Crippen molar-refractivity contribution >= 4 is 22.6 Å². The summed E-state index contributed by atoms with van der Waals surface area (Å²) in [6.07, 6.45) is 1.58. The number of alkyl halides is 1. The number of hydrogen-bond donors (Lipinski definition) is 0. The van der Waals surface area contributed by atoms with Gasteiger partial charge in [-0.05, 0) is 5.56 Å². The molecule has 0 aliphatic heterocycles. The highest BCUT2D eigenvalue weighted by Crippen LogP contribution is 2.18. The molecule has 0 aliphatic rings. The van der Waals surface area contributed by atoms with Crippen LogP contribution in [0.4, 0.5) is 0 Å². The summed E-state index contributed by atoms with van der Waals surface area (Å²) in [7, 11) is 0. The molecule has 0 spiro atoms. The van der Waals surface area contributed by atoms with Crippen molar-refractivity contribution in [3.05, 3.63) is 42.2 Å². The second-order valence-electron chi connectivity index (χ2n) is 2.72. The fourth-order valence-corrected chi connectivity index (χ4v) is 1.63. The standard InChI is InChI=1S/C10H8INO/c11-7-8-1-3-9(4-2-8)10-5-6-13-12-10/h1-6H,7H2. The molecule has 13 heavy (non-hydrogen) atoms. The molecular weight excluding hydrogens is 277 g/mol. The maximum Gasteiger partial charge on any atom is 0.124 e. The lowest BCUT2D eigenvalue weighted by molar-refractivity contribution is 0.422. The molecule has 0 atom stereocenters. The zero-order chi connectivity index (χ0) is 9.10. The molecule has 0 amide bonds. The molecule has 3 heteroatoms. The van der Waals surface area contributed by atoms with E-state index < -0.39 is 0 Å².